The van der Waals surface area contributed by atoms with Crippen molar-refractivity contribution in [2.45, 2.75) is 45.7 Å². The van der Waals surface area contributed by atoms with Gasteiger partial charge in [0.1, 0.15) is 0 Å². The molecule has 1 aromatic carbocycles. The number of benzene rings is 1. The van der Waals surface area contributed by atoms with Crippen molar-refractivity contribution < 1.29 is 4.74 Å². The van der Waals surface area contributed by atoms with Gasteiger partial charge in [0, 0.05) is 31.9 Å². The molecule has 1 N–H and O–H groups in total. The summed E-state index contributed by atoms with van der Waals surface area (Å²) in [7, 11) is 3.87. The van der Waals surface area contributed by atoms with E-state index >= 15 is 0 Å². The maximum atomic E-state index is 5.22. The minimum absolute atomic E-state index is 0.381. The van der Waals surface area contributed by atoms with Gasteiger partial charge in [0.15, 0.2) is 0 Å². The number of nitrogens with one attached hydrogen (secondary N) is 1. The van der Waals surface area contributed by atoms with Crippen LogP contribution in [0.1, 0.15) is 45.2 Å². The third kappa shape index (κ3) is 4.80. The molecule has 0 amide bonds. The number of hydrogen-bond donors (Lipinski definition) is 1. The molecule has 0 aliphatic rings. The Morgan fingerprint density at radius 2 is 1.85 bits per heavy atom. The van der Waals surface area contributed by atoms with E-state index in [2.05, 4.69) is 62.3 Å². The fourth-order valence-electron chi connectivity index (χ4n) is 2.37. The minimum atomic E-state index is 0.381. The molecule has 0 fully saturated rings. The summed E-state index contributed by atoms with van der Waals surface area (Å²) in [6.07, 6.45) is 2.29. The van der Waals surface area contributed by atoms with Crippen LogP contribution in [0.5, 0.6) is 0 Å². The number of nitrogens with zero attached hydrogens (tertiary/aromatic N) is 1. The highest BCUT2D eigenvalue weighted by atomic mass is 16.5. The van der Waals surface area contributed by atoms with Gasteiger partial charge in [-0.25, -0.2) is 0 Å². The van der Waals surface area contributed by atoms with Crippen molar-refractivity contribution >= 4 is 5.69 Å². The van der Waals surface area contributed by atoms with Crippen molar-refractivity contribution in [3.63, 3.8) is 0 Å². The number of anilines is 1. The topological polar surface area (TPSA) is 24.5 Å². The average Bonchev–Trinajstić information content (AvgIpc) is 2.48. The quantitative estimate of drug-likeness (QED) is 0.747. The molecule has 0 aromatic heterocycles. The van der Waals surface area contributed by atoms with E-state index in [1.165, 1.54) is 17.7 Å². The molecule has 2 unspecified atom stereocenters. The van der Waals surface area contributed by atoms with Crippen LogP contribution in [0.4, 0.5) is 5.69 Å². The molecule has 0 saturated heterocycles. The lowest BCUT2D eigenvalue weighted by atomic mass is 10.0. The van der Waals surface area contributed by atoms with Crippen LogP contribution in [0.25, 0.3) is 0 Å². The second-order valence-electron chi connectivity index (χ2n) is 5.42. The largest absolute Gasteiger partial charge is 0.383 e. The minimum Gasteiger partial charge on any atom is -0.383 e. The van der Waals surface area contributed by atoms with Crippen LogP contribution in [0, 0.1) is 0 Å². The lowest BCUT2D eigenvalue weighted by molar-refractivity contribution is 0.183. The first-order valence-electron chi connectivity index (χ1n) is 7.69. The van der Waals surface area contributed by atoms with Gasteiger partial charge in [0.25, 0.3) is 0 Å². The van der Waals surface area contributed by atoms with Gasteiger partial charge in [0.2, 0.25) is 0 Å². The summed E-state index contributed by atoms with van der Waals surface area (Å²) >= 11 is 0. The Bertz CT molecular complexity index is 343. The van der Waals surface area contributed by atoms with Gasteiger partial charge in [0.05, 0.1) is 6.61 Å². The maximum Gasteiger partial charge on any atom is 0.0663 e. The van der Waals surface area contributed by atoms with Crippen molar-refractivity contribution in [1.29, 1.82) is 0 Å². The average molecular weight is 278 g/mol. The Labute approximate surface area is 124 Å². The lowest BCUT2D eigenvalue weighted by Gasteiger charge is -2.27. The molecule has 3 heteroatoms. The van der Waals surface area contributed by atoms with Crippen molar-refractivity contribution in [3.8, 4) is 0 Å². The summed E-state index contributed by atoms with van der Waals surface area (Å²) in [5.74, 6) is 0. The molecule has 0 aliphatic heterocycles. The molecule has 0 radical (unpaired) electrons. The highest BCUT2D eigenvalue weighted by molar-refractivity contribution is 5.48. The molecule has 114 valence electrons. The Kier molecular flexibility index (Phi) is 7.63. The normalized spacial score (nSPS) is 14.1. The van der Waals surface area contributed by atoms with E-state index in [-0.39, 0.29) is 0 Å². The summed E-state index contributed by atoms with van der Waals surface area (Å²) in [5, 5.41) is 3.59. The van der Waals surface area contributed by atoms with E-state index in [1.54, 1.807) is 7.11 Å². The summed E-state index contributed by atoms with van der Waals surface area (Å²) in [6, 6.07) is 9.73. The molecule has 0 bridgehead atoms. The van der Waals surface area contributed by atoms with Gasteiger partial charge >= 0.3 is 0 Å². The van der Waals surface area contributed by atoms with E-state index in [4.69, 9.17) is 4.74 Å². The zero-order valence-corrected chi connectivity index (χ0v) is 13.6. The van der Waals surface area contributed by atoms with E-state index in [1.807, 2.05) is 0 Å². The zero-order valence-electron chi connectivity index (χ0n) is 13.6. The van der Waals surface area contributed by atoms with Gasteiger partial charge in [-0.2, -0.15) is 0 Å². The van der Waals surface area contributed by atoms with Crippen LogP contribution in [-0.4, -0.2) is 33.4 Å². The summed E-state index contributed by atoms with van der Waals surface area (Å²) in [4.78, 5) is 2.26. The Balaban J connectivity index is 2.71. The summed E-state index contributed by atoms with van der Waals surface area (Å²) in [6.45, 7) is 8.43. The van der Waals surface area contributed by atoms with Crippen molar-refractivity contribution in [2.24, 2.45) is 0 Å². The third-order valence-corrected chi connectivity index (χ3v) is 3.82. The third-order valence-electron chi connectivity index (χ3n) is 3.82. The highest BCUT2D eigenvalue weighted by Gasteiger charge is 2.11. The number of hydrogen-bond acceptors (Lipinski definition) is 3. The van der Waals surface area contributed by atoms with Gasteiger partial charge in [-0.15, -0.1) is 0 Å². The second kappa shape index (κ2) is 8.98. The van der Waals surface area contributed by atoms with Crippen molar-refractivity contribution in [3.05, 3.63) is 29.8 Å². The fraction of sp³-hybridized carbons (Fsp3) is 0.647. The molecule has 0 spiro atoms. The molecule has 2 atom stereocenters. The molecule has 0 heterocycles. The fourth-order valence-corrected chi connectivity index (χ4v) is 2.37. The van der Waals surface area contributed by atoms with Crippen LogP contribution >= 0.6 is 0 Å². The second-order valence-corrected chi connectivity index (χ2v) is 5.42. The maximum absolute atomic E-state index is 5.22. The van der Waals surface area contributed by atoms with Gasteiger partial charge in [-0.3, -0.25) is 0 Å². The van der Waals surface area contributed by atoms with Gasteiger partial charge in [-0.1, -0.05) is 26.0 Å². The molecule has 1 rings (SSSR count). The summed E-state index contributed by atoms with van der Waals surface area (Å²) in [5.41, 5.74) is 2.61. The lowest BCUT2D eigenvalue weighted by Crippen LogP contribution is -2.32. The Hall–Kier alpha value is -1.06. The smallest absolute Gasteiger partial charge is 0.0663 e. The van der Waals surface area contributed by atoms with E-state index in [0.29, 0.717) is 12.1 Å². The molecule has 20 heavy (non-hydrogen) atoms. The first-order chi connectivity index (χ1) is 9.63. The van der Waals surface area contributed by atoms with Crippen LogP contribution in [-0.2, 0) is 4.74 Å². The van der Waals surface area contributed by atoms with Crippen LogP contribution in [0.2, 0.25) is 0 Å². The molecular weight excluding hydrogens is 248 g/mol. The highest BCUT2D eigenvalue weighted by Crippen LogP contribution is 2.21. The number of methoxy groups -OCH3 is 1. The van der Waals surface area contributed by atoms with Gasteiger partial charge in [-0.05, 0) is 44.0 Å². The predicted molar refractivity (Wildman–Crippen MR) is 87.5 cm³/mol. The monoisotopic (exact) mass is 278 g/mol. The van der Waals surface area contributed by atoms with Crippen molar-refractivity contribution in [1.82, 2.24) is 5.32 Å². The van der Waals surface area contributed by atoms with Crippen LogP contribution in [0.3, 0.4) is 0 Å². The first kappa shape index (κ1) is 17.0. The molecule has 0 saturated carbocycles. The Morgan fingerprint density at radius 3 is 2.35 bits per heavy atom. The van der Waals surface area contributed by atoms with E-state index in [0.717, 1.165) is 19.6 Å². The van der Waals surface area contributed by atoms with Crippen LogP contribution in [0.15, 0.2) is 24.3 Å². The SMILES string of the molecule is CCCNC(CC)c1ccc(N(C)C(C)COC)cc1. The van der Waals surface area contributed by atoms with Crippen LogP contribution < -0.4 is 10.2 Å². The number of likely N-dealkylation sites (N-methyl/N-ethyl adjacent to an activating group) is 1. The Morgan fingerprint density at radius 1 is 1.20 bits per heavy atom. The molecule has 0 aliphatic carbocycles. The molecular formula is C17H30N2O. The van der Waals surface area contributed by atoms with Crippen molar-refractivity contribution in [2.75, 3.05) is 32.2 Å². The zero-order chi connectivity index (χ0) is 15.0. The molecule has 1 aromatic rings. The number of rotatable bonds is 9. The van der Waals surface area contributed by atoms with Gasteiger partial charge < -0.3 is 15.0 Å². The molecule has 3 nitrogen and oxygen atoms in total. The van der Waals surface area contributed by atoms with E-state index < -0.39 is 0 Å². The number of ether oxygens (including phenoxy) is 1. The van der Waals surface area contributed by atoms with E-state index in [9.17, 15) is 0 Å². The standard InChI is InChI=1S/C17H30N2O/c1-6-12-18-17(7-2)15-8-10-16(11-9-15)19(4)14(3)13-20-5/h8-11,14,17-18H,6-7,12-13H2,1-5H3. The summed E-state index contributed by atoms with van der Waals surface area (Å²) < 4.78 is 5.22. The first-order valence-corrected chi connectivity index (χ1v) is 7.69. The predicted octanol–water partition coefficient (Wildman–Crippen LogP) is 3.61.